The Bertz CT molecular complexity index is 829. The molecule has 7 nitrogen and oxygen atoms in total. The lowest BCUT2D eigenvalue weighted by atomic mass is 10.3. The van der Waals surface area contributed by atoms with E-state index < -0.39 is 0 Å². The van der Waals surface area contributed by atoms with Crippen LogP contribution in [-0.4, -0.2) is 59.5 Å². The maximum Gasteiger partial charge on any atom is 0.144 e. The molecule has 1 aliphatic rings. The maximum atomic E-state index is 10.6. The standard InChI is InChI=1S/C17H19N5O2S/c1-13(11-24-15-4-5-16-17(8-15)25-12-18-16)20-22(6-3-7-23)14-9-19-21(2)10-14/h3-9,12,14H,10-11H2,1-2H3/b6-3-,20-13+. The fourth-order valence-electron chi connectivity index (χ4n) is 2.39. The number of allylic oxidation sites excluding steroid dienone is 1. The van der Waals surface area contributed by atoms with Gasteiger partial charge in [-0.25, -0.2) is 4.98 Å². The second kappa shape index (κ2) is 7.89. The van der Waals surface area contributed by atoms with Crippen molar-refractivity contribution in [1.82, 2.24) is 15.0 Å². The molecule has 0 saturated carbocycles. The Kier molecular flexibility index (Phi) is 5.39. The first-order chi connectivity index (χ1) is 12.2. The van der Waals surface area contributed by atoms with Gasteiger partial charge >= 0.3 is 0 Å². The zero-order valence-corrected chi connectivity index (χ0v) is 14.9. The minimum atomic E-state index is -0.00954. The van der Waals surface area contributed by atoms with E-state index in [0.29, 0.717) is 13.2 Å². The van der Waals surface area contributed by atoms with Crippen LogP contribution in [0.4, 0.5) is 0 Å². The van der Waals surface area contributed by atoms with Gasteiger partial charge in [0.1, 0.15) is 24.7 Å². The molecule has 1 unspecified atom stereocenters. The molecule has 0 spiro atoms. The lowest BCUT2D eigenvalue weighted by molar-refractivity contribution is -0.104. The number of aromatic nitrogens is 1. The highest BCUT2D eigenvalue weighted by Gasteiger charge is 2.20. The molecule has 1 aromatic heterocycles. The van der Waals surface area contributed by atoms with Crippen LogP contribution >= 0.6 is 11.3 Å². The SMILES string of the molecule is C/C(COc1ccc2ncsc2c1)=N\N(/C=C\C=O)C1C=NN(C)C1. The fraction of sp³-hybridized carbons (Fsp3) is 0.294. The van der Waals surface area contributed by atoms with Gasteiger partial charge in [0.25, 0.3) is 0 Å². The minimum Gasteiger partial charge on any atom is -0.488 e. The minimum absolute atomic E-state index is 0.00954. The third-order valence-electron chi connectivity index (χ3n) is 3.58. The number of rotatable bonds is 7. The number of carbonyl (C=O) groups excluding carboxylic acids is 1. The van der Waals surface area contributed by atoms with Crippen molar-refractivity contribution in [3.05, 3.63) is 36.0 Å². The van der Waals surface area contributed by atoms with Crippen molar-refractivity contribution in [1.29, 1.82) is 0 Å². The van der Waals surface area contributed by atoms with Gasteiger partial charge in [0.2, 0.25) is 0 Å². The fourth-order valence-corrected chi connectivity index (χ4v) is 3.09. The Balaban J connectivity index is 1.66. The Morgan fingerprint density at radius 1 is 1.56 bits per heavy atom. The number of carbonyl (C=O) groups is 1. The Hall–Kier alpha value is -2.74. The quantitative estimate of drug-likeness (QED) is 0.329. The second-order valence-corrected chi connectivity index (χ2v) is 6.52. The highest BCUT2D eigenvalue weighted by molar-refractivity contribution is 7.16. The predicted octanol–water partition coefficient (Wildman–Crippen LogP) is 2.37. The van der Waals surface area contributed by atoms with Crippen LogP contribution in [0.15, 0.2) is 46.2 Å². The Morgan fingerprint density at radius 2 is 2.44 bits per heavy atom. The van der Waals surface area contributed by atoms with Gasteiger partial charge in [0.15, 0.2) is 0 Å². The summed E-state index contributed by atoms with van der Waals surface area (Å²) >= 11 is 1.58. The number of ether oxygens (including phenoxy) is 1. The largest absolute Gasteiger partial charge is 0.488 e. The third-order valence-corrected chi connectivity index (χ3v) is 4.37. The normalized spacial score (nSPS) is 17.6. The smallest absolute Gasteiger partial charge is 0.144 e. The van der Waals surface area contributed by atoms with E-state index in [1.54, 1.807) is 22.5 Å². The molecule has 0 saturated heterocycles. The molecule has 0 radical (unpaired) electrons. The highest BCUT2D eigenvalue weighted by Crippen LogP contribution is 2.23. The summed E-state index contributed by atoms with van der Waals surface area (Å²) in [5.41, 5.74) is 3.58. The first kappa shape index (κ1) is 17.1. The van der Waals surface area contributed by atoms with Crippen molar-refractivity contribution in [2.24, 2.45) is 10.2 Å². The van der Waals surface area contributed by atoms with Gasteiger partial charge in [0.05, 0.1) is 34.2 Å². The number of fused-ring (bicyclic) bond motifs is 1. The summed E-state index contributed by atoms with van der Waals surface area (Å²) in [6, 6.07) is 5.81. The molecule has 0 aliphatic carbocycles. The third kappa shape index (κ3) is 4.42. The number of likely N-dealkylation sites (N-methyl/N-ethyl adjacent to an activating group) is 1. The Labute approximate surface area is 149 Å². The van der Waals surface area contributed by atoms with Crippen molar-refractivity contribution in [3.8, 4) is 5.75 Å². The van der Waals surface area contributed by atoms with Crippen LogP contribution in [0.5, 0.6) is 5.75 Å². The van der Waals surface area contributed by atoms with E-state index in [4.69, 9.17) is 4.74 Å². The van der Waals surface area contributed by atoms with Crippen LogP contribution in [0.25, 0.3) is 10.2 Å². The number of aldehydes is 1. The maximum absolute atomic E-state index is 10.6. The zero-order chi connectivity index (χ0) is 17.6. The monoisotopic (exact) mass is 357 g/mol. The Morgan fingerprint density at radius 3 is 3.20 bits per heavy atom. The lowest BCUT2D eigenvalue weighted by Gasteiger charge is -2.21. The number of hydrogen-bond acceptors (Lipinski definition) is 8. The van der Waals surface area contributed by atoms with Crippen molar-refractivity contribution in [3.63, 3.8) is 0 Å². The van der Waals surface area contributed by atoms with Gasteiger partial charge in [-0.05, 0) is 31.2 Å². The highest BCUT2D eigenvalue weighted by atomic mass is 32.1. The van der Waals surface area contributed by atoms with Crippen LogP contribution in [0, 0.1) is 0 Å². The molecule has 0 bridgehead atoms. The lowest BCUT2D eigenvalue weighted by Crippen LogP contribution is -2.33. The second-order valence-electron chi connectivity index (χ2n) is 5.64. The first-order valence-corrected chi connectivity index (χ1v) is 8.69. The van der Waals surface area contributed by atoms with Crippen LogP contribution in [0.3, 0.4) is 0 Å². The van der Waals surface area contributed by atoms with Gasteiger partial charge in [-0.2, -0.15) is 10.2 Å². The molecular weight excluding hydrogens is 338 g/mol. The number of nitrogens with zero attached hydrogens (tertiary/aromatic N) is 5. The van der Waals surface area contributed by atoms with Gasteiger partial charge in [-0.1, -0.05) is 0 Å². The van der Waals surface area contributed by atoms with Crippen LogP contribution in [0.2, 0.25) is 0 Å². The van der Waals surface area contributed by atoms with E-state index in [2.05, 4.69) is 15.2 Å². The molecule has 0 fully saturated rings. The summed E-state index contributed by atoms with van der Waals surface area (Å²) in [7, 11) is 1.90. The molecule has 25 heavy (non-hydrogen) atoms. The van der Waals surface area contributed by atoms with E-state index in [0.717, 1.165) is 28.0 Å². The van der Waals surface area contributed by atoms with Crippen molar-refractivity contribution >= 4 is 39.8 Å². The van der Waals surface area contributed by atoms with E-state index in [1.807, 2.05) is 48.9 Å². The van der Waals surface area contributed by atoms with Gasteiger partial charge in [-0.3, -0.25) is 14.8 Å². The summed E-state index contributed by atoms with van der Waals surface area (Å²) in [5.74, 6) is 0.781. The molecule has 1 atom stereocenters. The number of thiazole rings is 1. The summed E-state index contributed by atoms with van der Waals surface area (Å²) < 4.78 is 6.91. The van der Waals surface area contributed by atoms with E-state index in [9.17, 15) is 4.79 Å². The summed E-state index contributed by atoms with van der Waals surface area (Å²) in [4.78, 5) is 14.9. The van der Waals surface area contributed by atoms with Crippen molar-refractivity contribution < 1.29 is 9.53 Å². The van der Waals surface area contributed by atoms with Crippen molar-refractivity contribution in [2.75, 3.05) is 20.2 Å². The summed E-state index contributed by atoms with van der Waals surface area (Å²) in [6.45, 7) is 2.96. The number of benzene rings is 1. The van der Waals surface area contributed by atoms with Gasteiger partial charge in [0, 0.05) is 13.2 Å². The molecule has 2 aromatic rings. The van der Waals surface area contributed by atoms with E-state index >= 15 is 0 Å². The summed E-state index contributed by atoms with van der Waals surface area (Å²) in [5, 5.41) is 12.3. The topological polar surface area (TPSA) is 70.4 Å². The van der Waals surface area contributed by atoms with Crippen molar-refractivity contribution in [2.45, 2.75) is 13.0 Å². The van der Waals surface area contributed by atoms with Crippen LogP contribution < -0.4 is 4.74 Å². The van der Waals surface area contributed by atoms with Gasteiger partial charge < -0.3 is 4.74 Å². The molecule has 0 amide bonds. The molecule has 3 rings (SSSR count). The molecule has 130 valence electrons. The average Bonchev–Trinajstić information content (AvgIpc) is 3.25. The molecule has 1 aliphatic heterocycles. The molecule has 0 N–H and O–H groups in total. The first-order valence-electron chi connectivity index (χ1n) is 7.81. The molecule has 2 heterocycles. The molecule has 1 aromatic carbocycles. The number of hydrazone groups is 2. The van der Waals surface area contributed by atoms with Gasteiger partial charge in [-0.15, -0.1) is 11.3 Å². The average molecular weight is 357 g/mol. The van der Waals surface area contributed by atoms with E-state index in [1.165, 1.54) is 6.08 Å². The number of hydrogen-bond donors (Lipinski definition) is 0. The van der Waals surface area contributed by atoms with Crippen LogP contribution in [-0.2, 0) is 4.79 Å². The van der Waals surface area contributed by atoms with Crippen LogP contribution in [0.1, 0.15) is 6.92 Å². The zero-order valence-electron chi connectivity index (χ0n) is 14.1. The summed E-state index contributed by atoms with van der Waals surface area (Å²) in [6.07, 6.45) is 5.61. The van der Waals surface area contributed by atoms with E-state index in [-0.39, 0.29) is 6.04 Å². The predicted molar refractivity (Wildman–Crippen MR) is 100 cm³/mol. The molecule has 8 heteroatoms. The molecular formula is C17H19N5O2S.